The summed E-state index contributed by atoms with van der Waals surface area (Å²) in [6.45, 7) is 1.18. The number of benzene rings is 2. The SMILES string of the molecule is COc1ccc(S(=O)(=O)N2CCN(CC(=O)Nc3cc(F)cc(F)c3)CC2)cc1. The van der Waals surface area contributed by atoms with Gasteiger partial charge in [0.2, 0.25) is 15.9 Å². The number of nitrogens with zero attached hydrogens (tertiary/aromatic N) is 2. The number of nitrogens with one attached hydrogen (secondary N) is 1. The van der Waals surface area contributed by atoms with Crippen molar-refractivity contribution in [3.63, 3.8) is 0 Å². The summed E-state index contributed by atoms with van der Waals surface area (Å²) < 4.78 is 58.3. The van der Waals surface area contributed by atoms with Crippen LogP contribution in [0.3, 0.4) is 0 Å². The van der Waals surface area contributed by atoms with E-state index in [0.29, 0.717) is 18.8 Å². The van der Waals surface area contributed by atoms with Crippen molar-refractivity contribution in [3.8, 4) is 5.75 Å². The molecule has 0 aliphatic carbocycles. The molecule has 0 atom stereocenters. The summed E-state index contributed by atoms with van der Waals surface area (Å²) in [6, 6.07) is 8.93. The highest BCUT2D eigenvalue weighted by Crippen LogP contribution is 2.20. The minimum atomic E-state index is -3.63. The van der Waals surface area contributed by atoms with E-state index in [-0.39, 0.29) is 30.2 Å². The van der Waals surface area contributed by atoms with Crippen molar-refractivity contribution in [3.05, 3.63) is 54.1 Å². The van der Waals surface area contributed by atoms with Crippen molar-refractivity contribution in [1.29, 1.82) is 0 Å². The lowest BCUT2D eigenvalue weighted by atomic mass is 10.3. The summed E-state index contributed by atoms with van der Waals surface area (Å²) in [4.78, 5) is 14.1. The molecule has 2 aromatic rings. The molecule has 10 heteroatoms. The molecule has 156 valence electrons. The first-order valence-corrected chi connectivity index (χ1v) is 10.3. The van der Waals surface area contributed by atoms with Gasteiger partial charge < -0.3 is 10.1 Å². The standard InChI is InChI=1S/C19H21F2N3O4S/c1-28-17-2-4-18(5-3-17)29(26,27)24-8-6-23(7-9-24)13-19(25)22-16-11-14(20)10-15(21)12-16/h2-5,10-12H,6-9,13H2,1H3,(H,22,25). The van der Waals surface area contributed by atoms with Crippen LogP contribution < -0.4 is 10.1 Å². The van der Waals surface area contributed by atoms with E-state index >= 15 is 0 Å². The van der Waals surface area contributed by atoms with E-state index in [0.717, 1.165) is 18.2 Å². The fourth-order valence-corrected chi connectivity index (χ4v) is 4.48. The maximum Gasteiger partial charge on any atom is 0.243 e. The lowest BCUT2D eigenvalue weighted by molar-refractivity contribution is -0.117. The second kappa shape index (κ2) is 8.85. The van der Waals surface area contributed by atoms with Gasteiger partial charge in [-0.1, -0.05) is 0 Å². The zero-order chi connectivity index (χ0) is 21.0. The van der Waals surface area contributed by atoms with E-state index in [1.165, 1.54) is 23.5 Å². The Hall–Kier alpha value is -2.56. The van der Waals surface area contributed by atoms with Gasteiger partial charge >= 0.3 is 0 Å². The smallest absolute Gasteiger partial charge is 0.243 e. The molecule has 0 aromatic heterocycles. The van der Waals surface area contributed by atoms with E-state index in [1.807, 2.05) is 0 Å². The molecule has 1 fully saturated rings. The summed E-state index contributed by atoms with van der Waals surface area (Å²) in [5.41, 5.74) is 0.0354. The van der Waals surface area contributed by atoms with Crippen LogP contribution in [0.4, 0.5) is 14.5 Å². The lowest BCUT2D eigenvalue weighted by Crippen LogP contribution is -2.50. The van der Waals surface area contributed by atoms with Crippen LogP contribution >= 0.6 is 0 Å². The van der Waals surface area contributed by atoms with E-state index in [4.69, 9.17) is 4.74 Å². The maximum atomic E-state index is 13.2. The highest BCUT2D eigenvalue weighted by atomic mass is 32.2. The number of sulfonamides is 1. The van der Waals surface area contributed by atoms with Gasteiger partial charge in [0.1, 0.15) is 17.4 Å². The predicted molar refractivity (Wildman–Crippen MR) is 103 cm³/mol. The molecule has 1 amide bonds. The number of hydrogen-bond acceptors (Lipinski definition) is 5. The van der Waals surface area contributed by atoms with Crippen molar-refractivity contribution in [2.45, 2.75) is 4.90 Å². The van der Waals surface area contributed by atoms with Gasteiger partial charge in [-0.2, -0.15) is 4.31 Å². The van der Waals surface area contributed by atoms with Crippen molar-refractivity contribution in [1.82, 2.24) is 9.21 Å². The average molecular weight is 425 g/mol. The minimum absolute atomic E-state index is 0.00540. The number of methoxy groups -OCH3 is 1. The Labute approximate surface area is 167 Å². The van der Waals surface area contributed by atoms with Crippen LogP contribution in [-0.4, -0.2) is 63.4 Å². The summed E-state index contributed by atoms with van der Waals surface area (Å²) >= 11 is 0. The van der Waals surface area contributed by atoms with Crippen LogP contribution in [0.2, 0.25) is 0 Å². The Kier molecular flexibility index (Phi) is 6.46. The molecule has 0 radical (unpaired) electrons. The van der Waals surface area contributed by atoms with Gasteiger partial charge in [0.15, 0.2) is 0 Å². The monoisotopic (exact) mass is 425 g/mol. The highest BCUT2D eigenvalue weighted by Gasteiger charge is 2.29. The second-order valence-electron chi connectivity index (χ2n) is 6.56. The Morgan fingerprint density at radius 1 is 1.03 bits per heavy atom. The molecule has 7 nitrogen and oxygen atoms in total. The largest absolute Gasteiger partial charge is 0.497 e. The molecule has 1 aliphatic heterocycles. The van der Waals surface area contributed by atoms with Crippen molar-refractivity contribution >= 4 is 21.6 Å². The third kappa shape index (κ3) is 5.28. The molecule has 29 heavy (non-hydrogen) atoms. The first-order chi connectivity index (χ1) is 13.8. The molecule has 3 rings (SSSR count). The third-order valence-electron chi connectivity index (χ3n) is 4.54. The van der Waals surface area contributed by atoms with E-state index in [9.17, 15) is 22.0 Å². The molecule has 0 bridgehead atoms. The van der Waals surface area contributed by atoms with Crippen LogP contribution in [0.5, 0.6) is 5.75 Å². The molecule has 2 aromatic carbocycles. The average Bonchev–Trinajstić information content (AvgIpc) is 2.67. The lowest BCUT2D eigenvalue weighted by Gasteiger charge is -2.33. The van der Waals surface area contributed by atoms with E-state index in [2.05, 4.69) is 5.32 Å². The topological polar surface area (TPSA) is 79.0 Å². The van der Waals surface area contributed by atoms with E-state index < -0.39 is 27.6 Å². The number of carbonyl (C=O) groups excluding carboxylic acids is 1. The first-order valence-electron chi connectivity index (χ1n) is 8.90. The summed E-state index contributed by atoms with van der Waals surface area (Å²) in [5.74, 6) is -1.42. The van der Waals surface area contributed by atoms with Crippen LogP contribution in [0.15, 0.2) is 47.4 Å². The quantitative estimate of drug-likeness (QED) is 0.765. The molecule has 1 aliphatic rings. The number of anilines is 1. The summed E-state index contributed by atoms with van der Waals surface area (Å²) in [5, 5.41) is 2.44. The van der Waals surface area contributed by atoms with Gasteiger partial charge in [-0.05, 0) is 36.4 Å². The molecule has 1 heterocycles. The van der Waals surface area contributed by atoms with Crippen molar-refractivity contribution in [2.24, 2.45) is 0 Å². The van der Waals surface area contributed by atoms with Gasteiger partial charge in [0, 0.05) is 37.9 Å². The van der Waals surface area contributed by atoms with Crippen molar-refractivity contribution < 1.29 is 26.7 Å². The third-order valence-corrected chi connectivity index (χ3v) is 6.45. The van der Waals surface area contributed by atoms with Crippen LogP contribution in [0, 0.1) is 11.6 Å². The second-order valence-corrected chi connectivity index (χ2v) is 8.50. The van der Waals surface area contributed by atoms with Gasteiger partial charge in [-0.15, -0.1) is 0 Å². The van der Waals surface area contributed by atoms with Crippen LogP contribution in [0.25, 0.3) is 0 Å². The first kappa shape index (κ1) is 21.2. The van der Waals surface area contributed by atoms with Gasteiger partial charge in [-0.25, -0.2) is 17.2 Å². The normalized spacial score (nSPS) is 15.8. The fourth-order valence-electron chi connectivity index (χ4n) is 3.05. The fraction of sp³-hybridized carbons (Fsp3) is 0.316. The number of ether oxygens (including phenoxy) is 1. The van der Waals surface area contributed by atoms with Gasteiger partial charge in [0.05, 0.1) is 18.6 Å². The zero-order valence-electron chi connectivity index (χ0n) is 15.8. The maximum absolute atomic E-state index is 13.2. The van der Waals surface area contributed by atoms with Crippen LogP contribution in [-0.2, 0) is 14.8 Å². The number of halogens is 2. The number of piperazine rings is 1. The number of carbonyl (C=O) groups is 1. The van der Waals surface area contributed by atoms with Gasteiger partial charge in [0.25, 0.3) is 0 Å². The number of amides is 1. The molecule has 0 unspecified atom stereocenters. The van der Waals surface area contributed by atoms with Crippen molar-refractivity contribution in [2.75, 3.05) is 45.2 Å². The molecular formula is C19H21F2N3O4S. The summed E-state index contributed by atoms with van der Waals surface area (Å²) in [7, 11) is -2.13. The molecule has 1 saturated heterocycles. The van der Waals surface area contributed by atoms with Gasteiger partial charge in [-0.3, -0.25) is 9.69 Å². The Morgan fingerprint density at radius 2 is 1.62 bits per heavy atom. The minimum Gasteiger partial charge on any atom is -0.497 e. The number of hydrogen-bond donors (Lipinski definition) is 1. The Bertz CT molecular complexity index is 955. The van der Waals surface area contributed by atoms with E-state index in [1.54, 1.807) is 17.0 Å². The zero-order valence-corrected chi connectivity index (χ0v) is 16.6. The Morgan fingerprint density at radius 3 is 2.17 bits per heavy atom. The predicted octanol–water partition coefficient (Wildman–Crippen LogP) is 1.92. The molecule has 0 spiro atoms. The molecule has 1 N–H and O–H groups in total. The van der Waals surface area contributed by atoms with Crippen LogP contribution in [0.1, 0.15) is 0 Å². The molecular weight excluding hydrogens is 404 g/mol. The molecule has 0 saturated carbocycles. The Balaban J connectivity index is 1.54. The highest BCUT2D eigenvalue weighted by molar-refractivity contribution is 7.89. The number of rotatable bonds is 6. The summed E-state index contributed by atoms with van der Waals surface area (Å²) in [6.07, 6.45) is 0.